The van der Waals surface area contributed by atoms with Gasteiger partial charge in [0.2, 0.25) is 0 Å². The van der Waals surface area contributed by atoms with Crippen molar-refractivity contribution in [3.8, 4) is 5.75 Å². The standard InChI is InChI=1S/C23H22BrNO3/c1-2-27-23(26)12-16-5-3-4-6-22(16)28-14-17-11-21(15-7-8-15)25-20-10-9-18(24)13-19(17)20/h3-6,9-11,13,15H,2,7-8,12,14H2,1H3. The number of benzene rings is 2. The summed E-state index contributed by atoms with van der Waals surface area (Å²) in [5.74, 6) is 1.04. The fraction of sp³-hybridized carbons (Fsp3) is 0.304. The zero-order valence-electron chi connectivity index (χ0n) is 15.8. The first kappa shape index (κ1) is 18.9. The zero-order chi connectivity index (χ0) is 19.5. The van der Waals surface area contributed by atoms with Crippen LogP contribution in [0.5, 0.6) is 5.75 Å². The van der Waals surface area contributed by atoms with Gasteiger partial charge >= 0.3 is 5.97 Å². The number of hydrogen-bond acceptors (Lipinski definition) is 4. The van der Waals surface area contributed by atoms with Crippen molar-refractivity contribution in [2.75, 3.05) is 6.61 Å². The average Bonchev–Trinajstić information content (AvgIpc) is 3.52. The number of carbonyl (C=O) groups excluding carboxylic acids is 1. The SMILES string of the molecule is CCOC(=O)Cc1ccccc1OCc1cc(C2CC2)nc2ccc(Br)cc12. The number of nitrogens with zero attached hydrogens (tertiary/aromatic N) is 1. The first-order valence-electron chi connectivity index (χ1n) is 9.59. The second-order valence-electron chi connectivity index (χ2n) is 7.02. The van der Waals surface area contributed by atoms with E-state index < -0.39 is 0 Å². The molecule has 1 fully saturated rings. The molecule has 1 saturated carbocycles. The smallest absolute Gasteiger partial charge is 0.310 e. The molecular weight excluding hydrogens is 418 g/mol. The van der Waals surface area contributed by atoms with Crippen LogP contribution in [0.4, 0.5) is 0 Å². The minimum atomic E-state index is -0.243. The number of halogens is 1. The number of carbonyl (C=O) groups is 1. The highest BCUT2D eigenvalue weighted by Gasteiger charge is 2.26. The van der Waals surface area contributed by atoms with Crippen molar-refractivity contribution < 1.29 is 14.3 Å². The van der Waals surface area contributed by atoms with E-state index in [1.165, 1.54) is 12.8 Å². The van der Waals surface area contributed by atoms with Crippen LogP contribution in [0.1, 0.15) is 42.5 Å². The molecule has 2 aromatic carbocycles. The molecule has 0 N–H and O–H groups in total. The highest BCUT2D eigenvalue weighted by molar-refractivity contribution is 9.10. The lowest BCUT2D eigenvalue weighted by atomic mass is 10.1. The van der Waals surface area contributed by atoms with Crippen LogP contribution in [0.15, 0.2) is 53.0 Å². The van der Waals surface area contributed by atoms with Crippen LogP contribution in [-0.4, -0.2) is 17.6 Å². The molecular formula is C23H22BrNO3. The molecule has 1 heterocycles. The van der Waals surface area contributed by atoms with Gasteiger partial charge in [-0.25, -0.2) is 0 Å². The van der Waals surface area contributed by atoms with Crippen LogP contribution in [0.2, 0.25) is 0 Å². The van der Waals surface area contributed by atoms with Gasteiger partial charge in [0.05, 0.1) is 18.5 Å². The highest BCUT2D eigenvalue weighted by Crippen LogP contribution is 2.40. The molecule has 0 spiro atoms. The van der Waals surface area contributed by atoms with E-state index in [0.29, 0.717) is 24.9 Å². The number of fused-ring (bicyclic) bond motifs is 1. The predicted molar refractivity (Wildman–Crippen MR) is 113 cm³/mol. The average molecular weight is 440 g/mol. The molecule has 0 radical (unpaired) electrons. The molecule has 1 aliphatic carbocycles. The fourth-order valence-corrected chi connectivity index (χ4v) is 3.67. The molecule has 1 aromatic heterocycles. The largest absolute Gasteiger partial charge is 0.489 e. The Bertz CT molecular complexity index is 1010. The van der Waals surface area contributed by atoms with Gasteiger partial charge in [-0.05, 0) is 50.1 Å². The topological polar surface area (TPSA) is 48.4 Å². The maximum Gasteiger partial charge on any atom is 0.310 e. The van der Waals surface area contributed by atoms with Gasteiger partial charge < -0.3 is 9.47 Å². The number of hydrogen-bond donors (Lipinski definition) is 0. The van der Waals surface area contributed by atoms with Gasteiger partial charge in [0, 0.05) is 32.6 Å². The van der Waals surface area contributed by atoms with Crippen LogP contribution in [0.3, 0.4) is 0 Å². The second-order valence-corrected chi connectivity index (χ2v) is 7.94. The third-order valence-corrected chi connectivity index (χ3v) is 5.36. The Balaban J connectivity index is 1.61. The molecule has 5 heteroatoms. The quantitative estimate of drug-likeness (QED) is 0.452. The summed E-state index contributed by atoms with van der Waals surface area (Å²) >= 11 is 3.56. The summed E-state index contributed by atoms with van der Waals surface area (Å²) in [6.07, 6.45) is 2.62. The molecule has 4 nitrogen and oxygen atoms in total. The maximum atomic E-state index is 11.9. The lowest BCUT2D eigenvalue weighted by Gasteiger charge is -2.14. The summed E-state index contributed by atoms with van der Waals surface area (Å²) in [6.45, 7) is 2.61. The van der Waals surface area contributed by atoms with Crippen molar-refractivity contribution in [1.29, 1.82) is 0 Å². The molecule has 0 amide bonds. The number of ether oxygens (including phenoxy) is 2. The summed E-state index contributed by atoms with van der Waals surface area (Å²) in [6, 6.07) is 15.9. The van der Waals surface area contributed by atoms with Crippen molar-refractivity contribution in [3.05, 3.63) is 69.8 Å². The van der Waals surface area contributed by atoms with Gasteiger partial charge in [-0.15, -0.1) is 0 Å². The van der Waals surface area contributed by atoms with Crippen LogP contribution in [0, 0.1) is 0 Å². The van der Waals surface area contributed by atoms with E-state index in [1.54, 1.807) is 0 Å². The Morgan fingerprint density at radius 3 is 2.75 bits per heavy atom. The molecule has 0 bridgehead atoms. The van der Waals surface area contributed by atoms with Crippen molar-refractivity contribution in [3.63, 3.8) is 0 Å². The van der Waals surface area contributed by atoms with Gasteiger partial charge in [-0.1, -0.05) is 34.1 Å². The number of para-hydroxylation sites is 1. The monoisotopic (exact) mass is 439 g/mol. The van der Waals surface area contributed by atoms with Gasteiger partial charge in [0.25, 0.3) is 0 Å². The van der Waals surface area contributed by atoms with E-state index in [-0.39, 0.29) is 12.4 Å². The fourth-order valence-electron chi connectivity index (χ4n) is 3.31. The summed E-state index contributed by atoms with van der Waals surface area (Å²) in [5.41, 5.74) is 4.08. The van der Waals surface area contributed by atoms with Crippen molar-refractivity contribution in [1.82, 2.24) is 4.98 Å². The third-order valence-electron chi connectivity index (χ3n) is 4.87. The molecule has 1 aliphatic rings. The summed E-state index contributed by atoms with van der Waals surface area (Å²) in [4.78, 5) is 16.7. The minimum Gasteiger partial charge on any atom is -0.489 e. The number of esters is 1. The zero-order valence-corrected chi connectivity index (χ0v) is 17.4. The van der Waals surface area contributed by atoms with Crippen LogP contribution in [-0.2, 0) is 22.6 Å². The Morgan fingerprint density at radius 2 is 1.96 bits per heavy atom. The predicted octanol–water partition coefficient (Wildman–Crippen LogP) is 5.56. The first-order valence-corrected chi connectivity index (χ1v) is 10.4. The van der Waals surface area contributed by atoms with E-state index in [0.717, 1.165) is 32.2 Å². The van der Waals surface area contributed by atoms with E-state index in [1.807, 2.05) is 43.3 Å². The first-order chi connectivity index (χ1) is 13.6. The van der Waals surface area contributed by atoms with Crippen molar-refractivity contribution >= 4 is 32.8 Å². The molecule has 0 unspecified atom stereocenters. The molecule has 4 rings (SSSR count). The van der Waals surface area contributed by atoms with Gasteiger partial charge in [0.15, 0.2) is 0 Å². The minimum absolute atomic E-state index is 0.208. The van der Waals surface area contributed by atoms with E-state index in [2.05, 4.69) is 28.1 Å². The van der Waals surface area contributed by atoms with Crippen LogP contribution < -0.4 is 4.74 Å². The summed E-state index contributed by atoms with van der Waals surface area (Å²) in [7, 11) is 0. The van der Waals surface area contributed by atoms with Crippen molar-refractivity contribution in [2.24, 2.45) is 0 Å². The molecule has 0 saturated heterocycles. The number of aromatic nitrogens is 1. The molecule has 3 aromatic rings. The summed E-state index contributed by atoms with van der Waals surface area (Å²) in [5, 5.41) is 1.08. The van der Waals surface area contributed by atoms with Crippen LogP contribution in [0.25, 0.3) is 10.9 Å². The third kappa shape index (κ3) is 4.36. The number of pyridine rings is 1. The lowest BCUT2D eigenvalue weighted by molar-refractivity contribution is -0.142. The Labute approximate surface area is 173 Å². The van der Waals surface area contributed by atoms with Crippen LogP contribution >= 0.6 is 15.9 Å². The normalized spacial score (nSPS) is 13.5. The molecule has 144 valence electrons. The van der Waals surface area contributed by atoms with Gasteiger partial charge in [0.1, 0.15) is 12.4 Å². The second kappa shape index (κ2) is 8.31. The molecule has 28 heavy (non-hydrogen) atoms. The Morgan fingerprint density at radius 1 is 1.14 bits per heavy atom. The van der Waals surface area contributed by atoms with Gasteiger partial charge in [-0.2, -0.15) is 0 Å². The summed E-state index contributed by atoms with van der Waals surface area (Å²) < 4.78 is 12.2. The van der Waals surface area contributed by atoms with E-state index in [4.69, 9.17) is 14.5 Å². The molecule has 0 atom stereocenters. The number of rotatable bonds is 7. The van der Waals surface area contributed by atoms with Crippen molar-refractivity contribution in [2.45, 2.75) is 38.7 Å². The van der Waals surface area contributed by atoms with E-state index in [9.17, 15) is 4.79 Å². The van der Waals surface area contributed by atoms with E-state index >= 15 is 0 Å². The Kier molecular flexibility index (Phi) is 5.62. The highest BCUT2D eigenvalue weighted by atomic mass is 79.9. The van der Waals surface area contributed by atoms with Gasteiger partial charge in [-0.3, -0.25) is 9.78 Å². The lowest BCUT2D eigenvalue weighted by Crippen LogP contribution is -2.09. The Hall–Kier alpha value is -2.40. The molecule has 0 aliphatic heterocycles. The maximum absolute atomic E-state index is 11.9.